The van der Waals surface area contributed by atoms with Crippen LogP contribution in [0.1, 0.15) is 48.5 Å². The molecular formula is C30H24F4N2O3. The first kappa shape index (κ1) is 27.5. The van der Waals surface area contributed by atoms with E-state index >= 15 is 0 Å². The van der Waals surface area contributed by atoms with Gasteiger partial charge in [-0.05, 0) is 60.4 Å². The Morgan fingerprint density at radius 1 is 0.795 bits per heavy atom. The molecule has 39 heavy (non-hydrogen) atoms. The number of aliphatic hydroxyl groups is 1. The summed E-state index contributed by atoms with van der Waals surface area (Å²) in [5.41, 5.74) is 2.89. The Morgan fingerprint density at radius 3 is 1.92 bits per heavy atom. The van der Waals surface area contributed by atoms with Gasteiger partial charge in [-0.3, -0.25) is 9.59 Å². The van der Waals surface area contributed by atoms with Gasteiger partial charge < -0.3 is 16.2 Å². The molecule has 0 fully saturated rings. The predicted octanol–water partition coefficient (Wildman–Crippen LogP) is 6.31. The van der Waals surface area contributed by atoms with Gasteiger partial charge in [0.25, 0.3) is 5.91 Å². The second kappa shape index (κ2) is 10.3. The van der Waals surface area contributed by atoms with E-state index in [0.29, 0.717) is 5.56 Å². The van der Waals surface area contributed by atoms with Gasteiger partial charge in [-0.1, -0.05) is 60.7 Å². The Labute approximate surface area is 221 Å². The first-order chi connectivity index (χ1) is 18.3. The number of rotatable bonds is 6. The number of ketones is 1. The standard InChI is InChI=1S/C30H24F4N2O3/c1-17-15-21(29(39,30(32,33)34)20-11-13-22(31)14-12-20)16-18(2)26(17)36-28(38)24-10-6-9-23(25(24)35)27(37)19-7-4-3-5-8-19/h3-16,39H,35H2,1-2H3,(H,36,38). The van der Waals surface area contributed by atoms with Crippen LogP contribution in [0, 0.1) is 19.7 Å². The molecule has 0 aliphatic heterocycles. The van der Waals surface area contributed by atoms with Gasteiger partial charge in [0, 0.05) is 16.8 Å². The van der Waals surface area contributed by atoms with Gasteiger partial charge in [-0.2, -0.15) is 13.2 Å². The number of nitrogens with one attached hydrogen (secondary N) is 1. The van der Waals surface area contributed by atoms with Crippen LogP contribution in [0.3, 0.4) is 0 Å². The predicted molar refractivity (Wildman–Crippen MR) is 140 cm³/mol. The van der Waals surface area contributed by atoms with Crippen LogP contribution in [-0.4, -0.2) is 23.0 Å². The number of hydrogen-bond acceptors (Lipinski definition) is 4. The number of nitrogen functional groups attached to an aromatic ring is 1. The molecule has 5 nitrogen and oxygen atoms in total. The molecule has 0 aromatic heterocycles. The maximum absolute atomic E-state index is 14.2. The number of amides is 1. The number of nitrogens with two attached hydrogens (primary N) is 1. The Hall–Kier alpha value is -4.50. The molecule has 4 N–H and O–H groups in total. The maximum Gasteiger partial charge on any atom is 0.425 e. The number of aryl methyl sites for hydroxylation is 2. The number of para-hydroxylation sites is 1. The highest BCUT2D eigenvalue weighted by Gasteiger charge is 2.56. The highest BCUT2D eigenvalue weighted by molar-refractivity contribution is 6.16. The average Bonchev–Trinajstić information content (AvgIpc) is 2.90. The van der Waals surface area contributed by atoms with E-state index in [1.165, 1.54) is 32.0 Å². The van der Waals surface area contributed by atoms with Crippen molar-refractivity contribution in [2.75, 3.05) is 11.1 Å². The second-order valence-electron chi connectivity index (χ2n) is 9.12. The van der Waals surface area contributed by atoms with Crippen molar-refractivity contribution >= 4 is 23.1 Å². The average molecular weight is 537 g/mol. The van der Waals surface area contributed by atoms with Gasteiger partial charge in [-0.25, -0.2) is 4.39 Å². The third-order valence-corrected chi connectivity index (χ3v) is 6.49. The minimum absolute atomic E-state index is 0.0118. The van der Waals surface area contributed by atoms with Crippen molar-refractivity contribution in [3.63, 3.8) is 0 Å². The lowest BCUT2D eigenvalue weighted by molar-refractivity contribution is -0.248. The number of carbonyl (C=O) groups excluding carboxylic acids is 2. The summed E-state index contributed by atoms with van der Waals surface area (Å²) in [6, 6.07) is 18.5. The monoisotopic (exact) mass is 536 g/mol. The Bertz CT molecular complexity index is 1530. The lowest BCUT2D eigenvalue weighted by atomic mass is 9.83. The van der Waals surface area contributed by atoms with Crippen LogP contribution in [0.25, 0.3) is 0 Å². The molecule has 0 bridgehead atoms. The Balaban J connectivity index is 1.69. The quantitative estimate of drug-likeness (QED) is 0.153. The van der Waals surface area contributed by atoms with Crippen LogP contribution in [0.2, 0.25) is 0 Å². The number of hydrogen-bond donors (Lipinski definition) is 3. The van der Waals surface area contributed by atoms with Crippen LogP contribution in [0.5, 0.6) is 0 Å². The van der Waals surface area contributed by atoms with Crippen LogP contribution in [0.4, 0.5) is 28.9 Å². The lowest BCUT2D eigenvalue weighted by Crippen LogP contribution is -2.43. The minimum atomic E-state index is -5.13. The molecule has 4 aromatic carbocycles. The molecule has 200 valence electrons. The fourth-order valence-corrected chi connectivity index (χ4v) is 4.44. The van der Waals surface area contributed by atoms with Crippen molar-refractivity contribution in [1.82, 2.24) is 0 Å². The molecule has 1 amide bonds. The fraction of sp³-hybridized carbons (Fsp3) is 0.133. The van der Waals surface area contributed by atoms with Crippen molar-refractivity contribution < 1.29 is 32.3 Å². The molecule has 9 heteroatoms. The molecular weight excluding hydrogens is 512 g/mol. The molecule has 4 aromatic rings. The maximum atomic E-state index is 14.2. The SMILES string of the molecule is Cc1cc(C(O)(c2ccc(F)cc2)C(F)(F)F)cc(C)c1NC(=O)c1cccc(C(=O)c2ccccc2)c1N. The molecule has 0 radical (unpaired) electrons. The number of alkyl halides is 3. The molecule has 0 heterocycles. The minimum Gasteiger partial charge on any atom is -0.397 e. The molecule has 0 saturated heterocycles. The number of anilines is 2. The van der Waals surface area contributed by atoms with E-state index in [1.54, 1.807) is 30.3 Å². The first-order valence-corrected chi connectivity index (χ1v) is 11.8. The molecule has 4 rings (SSSR count). The van der Waals surface area contributed by atoms with Gasteiger partial charge in [0.15, 0.2) is 5.78 Å². The molecule has 0 spiro atoms. The van der Waals surface area contributed by atoms with E-state index in [4.69, 9.17) is 5.73 Å². The van der Waals surface area contributed by atoms with Crippen LogP contribution < -0.4 is 11.1 Å². The van der Waals surface area contributed by atoms with Crippen LogP contribution >= 0.6 is 0 Å². The van der Waals surface area contributed by atoms with Crippen molar-refractivity contribution in [3.8, 4) is 0 Å². The van der Waals surface area contributed by atoms with Gasteiger partial charge in [-0.15, -0.1) is 0 Å². The van der Waals surface area contributed by atoms with E-state index in [1.807, 2.05) is 0 Å². The molecule has 0 aliphatic rings. The smallest absolute Gasteiger partial charge is 0.397 e. The van der Waals surface area contributed by atoms with E-state index in [2.05, 4.69) is 5.32 Å². The van der Waals surface area contributed by atoms with Crippen LogP contribution in [-0.2, 0) is 5.60 Å². The Morgan fingerprint density at radius 2 is 1.36 bits per heavy atom. The fourth-order valence-electron chi connectivity index (χ4n) is 4.44. The number of carbonyl (C=O) groups is 2. The topological polar surface area (TPSA) is 92.4 Å². The van der Waals surface area contributed by atoms with Gasteiger partial charge in [0.05, 0.1) is 11.3 Å². The van der Waals surface area contributed by atoms with Gasteiger partial charge in [0.2, 0.25) is 5.60 Å². The van der Waals surface area contributed by atoms with Crippen molar-refractivity contribution in [1.29, 1.82) is 0 Å². The summed E-state index contributed by atoms with van der Waals surface area (Å²) in [5.74, 6) is -1.78. The zero-order valence-corrected chi connectivity index (χ0v) is 20.9. The lowest BCUT2D eigenvalue weighted by Gasteiger charge is -2.32. The van der Waals surface area contributed by atoms with E-state index in [9.17, 15) is 32.3 Å². The molecule has 0 saturated carbocycles. The van der Waals surface area contributed by atoms with Gasteiger partial charge in [0.1, 0.15) is 5.82 Å². The van der Waals surface area contributed by atoms with Crippen molar-refractivity contribution in [2.45, 2.75) is 25.6 Å². The second-order valence-corrected chi connectivity index (χ2v) is 9.12. The summed E-state index contributed by atoms with van der Waals surface area (Å²) in [6.45, 7) is 2.96. The zero-order chi connectivity index (χ0) is 28.5. The van der Waals surface area contributed by atoms with E-state index in [0.717, 1.165) is 36.4 Å². The largest absolute Gasteiger partial charge is 0.425 e. The Kier molecular flexibility index (Phi) is 7.30. The van der Waals surface area contributed by atoms with Crippen LogP contribution in [0.15, 0.2) is 84.9 Å². The summed E-state index contributed by atoms with van der Waals surface area (Å²) in [4.78, 5) is 26.1. The zero-order valence-electron chi connectivity index (χ0n) is 20.9. The number of benzene rings is 4. The third-order valence-electron chi connectivity index (χ3n) is 6.49. The molecule has 1 unspecified atom stereocenters. The van der Waals surface area contributed by atoms with E-state index < -0.39 is 34.6 Å². The highest BCUT2D eigenvalue weighted by atomic mass is 19.4. The first-order valence-electron chi connectivity index (χ1n) is 11.8. The summed E-state index contributed by atoms with van der Waals surface area (Å²) in [6.07, 6.45) is -5.13. The molecule has 1 atom stereocenters. The highest BCUT2D eigenvalue weighted by Crippen LogP contribution is 2.45. The summed E-state index contributed by atoms with van der Waals surface area (Å²) >= 11 is 0. The van der Waals surface area contributed by atoms with Crippen molar-refractivity contribution in [3.05, 3.63) is 130 Å². The third kappa shape index (κ3) is 5.13. The summed E-state index contributed by atoms with van der Waals surface area (Å²) in [5, 5.41) is 13.6. The summed E-state index contributed by atoms with van der Waals surface area (Å²) < 4.78 is 55.9. The molecule has 0 aliphatic carbocycles. The normalized spacial score (nSPS) is 13.0. The van der Waals surface area contributed by atoms with E-state index in [-0.39, 0.29) is 39.4 Å². The van der Waals surface area contributed by atoms with Gasteiger partial charge >= 0.3 is 6.18 Å². The van der Waals surface area contributed by atoms with Crippen molar-refractivity contribution in [2.24, 2.45) is 0 Å². The summed E-state index contributed by atoms with van der Waals surface area (Å²) in [7, 11) is 0. The number of halogens is 4.